The van der Waals surface area contributed by atoms with Crippen LogP contribution >= 0.6 is 0 Å². The molecular weight excluding hydrogens is 66.0 g/mol. The first-order valence-corrected chi connectivity index (χ1v) is 1.39. The van der Waals surface area contributed by atoms with Crippen LogP contribution in [0.15, 0.2) is 6.20 Å². The minimum Gasteiger partial charge on any atom is -0.153 e. The maximum Gasteiger partial charge on any atom is 0.216 e. The first-order chi connectivity index (χ1) is 2.47. The molecule has 0 saturated heterocycles. The van der Waals surface area contributed by atoms with Crippen molar-refractivity contribution in [3.8, 4) is 5.82 Å². The van der Waals surface area contributed by atoms with Crippen molar-refractivity contribution in [2.24, 2.45) is 0 Å². The second-order valence-electron chi connectivity index (χ2n) is 0.992. The zero-order valence-electron chi connectivity index (χ0n) is 2.42. The van der Waals surface area contributed by atoms with Crippen LogP contribution in [0.1, 0.15) is 0 Å². The molecule has 2 heterocycles. The Kier molecular flexibility index (Phi) is 0.0671. The second-order valence-corrected chi connectivity index (χ2v) is 0.992. The van der Waals surface area contributed by atoms with Crippen LogP contribution in [0.5, 0.6) is 0 Å². The van der Waals surface area contributed by atoms with Crippen molar-refractivity contribution in [3.63, 3.8) is 0 Å². The quantitative estimate of drug-likeness (QED) is 0.419. The SMILES string of the molecule is c1nn2nc1-2. The summed E-state index contributed by atoms with van der Waals surface area (Å²) in [5, 5.41) is 7.34. The van der Waals surface area contributed by atoms with Gasteiger partial charge in [-0.05, 0) is 0 Å². The topological polar surface area (TPSA) is 30.7 Å². The fourth-order valence-electron chi connectivity index (χ4n) is 0.287. The van der Waals surface area contributed by atoms with E-state index in [4.69, 9.17) is 0 Å². The van der Waals surface area contributed by atoms with Crippen molar-refractivity contribution < 1.29 is 0 Å². The molecule has 0 amide bonds. The van der Waals surface area contributed by atoms with E-state index in [1.165, 1.54) is 0 Å². The van der Waals surface area contributed by atoms with E-state index < -0.39 is 0 Å². The number of nitrogens with zero attached hydrogens (tertiary/aromatic N) is 3. The third-order valence-corrected chi connectivity index (χ3v) is 0.645. The van der Waals surface area contributed by atoms with Gasteiger partial charge in [-0.25, -0.2) is 0 Å². The second kappa shape index (κ2) is 0.217. The molecule has 0 aromatic carbocycles. The van der Waals surface area contributed by atoms with Gasteiger partial charge in [-0.1, -0.05) is 0 Å². The van der Waals surface area contributed by atoms with E-state index in [2.05, 4.69) is 10.2 Å². The smallest absolute Gasteiger partial charge is 0.153 e. The molecule has 0 aromatic heterocycles. The van der Waals surface area contributed by atoms with Crippen LogP contribution in [0, 0.1) is 0 Å². The average Bonchev–Trinajstić information content (AvgIpc) is 1.74. The summed E-state index contributed by atoms with van der Waals surface area (Å²) >= 11 is 0. The molecule has 0 aromatic rings. The maximum atomic E-state index is 3.69. The summed E-state index contributed by atoms with van der Waals surface area (Å²) in [6.45, 7) is 0. The van der Waals surface area contributed by atoms with Crippen LogP contribution in [0.25, 0.3) is 5.82 Å². The Hall–Kier alpha value is -0.860. The minimum atomic E-state index is 1.02. The zero-order chi connectivity index (χ0) is 3.28. The molecule has 3 heteroatoms. The summed E-state index contributed by atoms with van der Waals surface area (Å²) in [7, 11) is 0. The molecule has 2 aliphatic rings. The molecule has 2 rings (SSSR count). The Bertz CT molecular complexity index is 130. The fraction of sp³-hybridized carbons (Fsp3) is 0. The van der Waals surface area contributed by atoms with Gasteiger partial charge in [0.15, 0.2) is 0 Å². The number of rotatable bonds is 0. The maximum absolute atomic E-state index is 3.69. The molecule has 0 radical (unpaired) electrons. The summed E-state index contributed by atoms with van der Waals surface area (Å²) < 4.78 is 0. The van der Waals surface area contributed by atoms with E-state index in [0.717, 1.165) is 5.82 Å². The molecule has 0 unspecified atom stereocenters. The lowest BCUT2D eigenvalue weighted by molar-refractivity contribution is 0.860. The molecular formula is C2HN3. The van der Waals surface area contributed by atoms with Crippen molar-refractivity contribution in [2.75, 3.05) is 0 Å². The van der Waals surface area contributed by atoms with Gasteiger partial charge < -0.3 is 0 Å². The van der Waals surface area contributed by atoms with Crippen molar-refractivity contribution >= 4 is 0 Å². The number of hydrogen-bond donors (Lipinski definition) is 0. The monoisotopic (exact) mass is 67.0 g/mol. The average molecular weight is 67.1 g/mol. The van der Waals surface area contributed by atoms with E-state index >= 15 is 0 Å². The lowest BCUT2D eigenvalue weighted by Crippen LogP contribution is -1.84. The summed E-state index contributed by atoms with van der Waals surface area (Å²) in [6.07, 6.45) is 1.72. The summed E-state index contributed by atoms with van der Waals surface area (Å²) in [5.74, 6) is 1.02. The van der Waals surface area contributed by atoms with Crippen LogP contribution in [-0.2, 0) is 0 Å². The fourth-order valence-corrected chi connectivity index (χ4v) is 0.287. The molecule has 0 N–H and O–H groups in total. The standard InChI is InChI=1S/C2HN3/c1-2-4-5(2)3-1/h1H. The van der Waals surface area contributed by atoms with Crippen molar-refractivity contribution in [3.05, 3.63) is 6.20 Å². The Morgan fingerprint density at radius 1 is 1.80 bits per heavy atom. The summed E-state index contributed by atoms with van der Waals surface area (Å²) in [6, 6.07) is 0. The van der Waals surface area contributed by atoms with Gasteiger partial charge in [0, 0.05) is 0 Å². The lowest BCUT2D eigenvalue weighted by atomic mass is 10.8. The van der Waals surface area contributed by atoms with E-state index in [1.54, 1.807) is 11.0 Å². The molecule has 0 atom stereocenters. The molecule has 24 valence electrons. The third kappa shape index (κ3) is 0.0397. The predicted octanol–water partition coefficient (Wildman–Crippen LogP) is -0.419. The summed E-state index contributed by atoms with van der Waals surface area (Å²) in [4.78, 5) is 1.58. The highest BCUT2D eigenvalue weighted by molar-refractivity contribution is 5.22. The van der Waals surface area contributed by atoms with Gasteiger partial charge in [-0.2, -0.15) is 5.10 Å². The van der Waals surface area contributed by atoms with Crippen LogP contribution in [0.4, 0.5) is 0 Å². The summed E-state index contributed by atoms with van der Waals surface area (Å²) in [5.41, 5.74) is 0. The first kappa shape index (κ1) is 1.55. The van der Waals surface area contributed by atoms with Crippen LogP contribution in [0.3, 0.4) is 0 Å². The Labute approximate surface area is 28.2 Å². The van der Waals surface area contributed by atoms with Gasteiger partial charge in [0.2, 0.25) is 5.82 Å². The number of hydrogen-bond acceptors (Lipinski definition) is 2. The predicted molar refractivity (Wildman–Crippen MR) is 14.9 cm³/mol. The Morgan fingerprint density at radius 2 is 2.60 bits per heavy atom. The molecule has 2 aliphatic heterocycles. The third-order valence-electron chi connectivity index (χ3n) is 0.645. The highest BCUT2D eigenvalue weighted by Gasteiger charge is 2.14. The number of aromatic nitrogens is 3. The lowest BCUT2D eigenvalue weighted by Gasteiger charge is -1.73. The molecule has 3 nitrogen and oxygen atoms in total. The Balaban J connectivity index is 3.13. The van der Waals surface area contributed by atoms with Crippen molar-refractivity contribution in [2.45, 2.75) is 0 Å². The van der Waals surface area contributed by atoms with Gasteiger partial charge >= 0.3 is 0 Å². The van der Waals surface area contributed by atoms with E-state index in [9.17, 15) is 0 Å². The molecule has 0 fully saturated rings. The zero-order valence-corrected chi connectivity index (χ0v) is 2.42. The van der Waals surface area contributed by atoms with Crippen LogP contribution < -0.4 is 0 Å². The van der Waals surface area contributed by atoms with Gasteiger partial charge in [0.25, 0.3) is 0 Å². The first-order valence-electron chi connectivity index (χ1n) is 1.39. The minimum absolute atomic E-state index is 1.02. The molecule has 0 aliphatic carbocycles. The van der Waals surface area contributed by atoms with Crippen LogP contribution in [0.2, 0.25) is 0 Å². The highest BCUT2D eigenvalue weighted by Crippen LogP contribution is 2.08. The largest absolute Gasteiger partial charge is 0.216 e. The van der Waals surface area contributed by atoms with Gasteiger partial charge in [0.05, 0.1) is 6.20 Å². The number of fused-ring (bicyclic) bond motifs is 1. The highest BCUT2D eigenvalue weighted by atomic mass is 15.6. The van der Waals surface area contributed by atoms with Gasteiger partial charge in [-0.15, -0.1) is 9.90 Å². The van der Waals surface area contributed by atoms with E-state index in [-0.39, 0.29) is 0 Å². The Morgan fingerprint density at radius 3 is 2.60 bits per heavy atom. The normalized spacial score (nSPS) is 12.0. The van der Waals surface area contributed by atoms with Gasteiger partial charge in [0.1, 0.15) is 0 Å². The van der Waals surface area contributed by atoms with Crippen molar-refractivity contribution in [1.29, 1.82) is 0 Å². The van der Waals surface area contributed by atoms with E-state index in [1.807, 2.05) is 0 Å². The molecule has 0 bridgehead atoms. The molecule has 0 saturated carbocycles. The molecule has 5 heavy (non-hydrogen) atoms. The molecule has 0 spiro atoms. The van der Waals surface area contributed by atoms with Crippen LogP contribution in [-0.4, -0.2) is 15.0 Å². The van der Waals surface area contributed by atoms with Crippen molar-refractivity contribution in [1.82, 2.24) is 15.0 Å². The van der Waals surface area contributed by atoms with Gasteiger partial charge in [-0.3, -0.25) is 0 Å². The van der Waals surface area contributed by atoms with E-state index in [0.29, 0.717) is 0 Å².